The van der Waals surface area contributed by atoms with Crippen molar-refractivity contribution in [2.24, 2.45) is 17.8 Å². The summed E-state index contributed by atoms with van der Waals surface area (Å²) in [6, 6.07) is 0. The van der Waals surface area contributed by atoms with Gasteiger partial charge in [0.2, 0.25) is 5.91 Å². The minimum absolute atomic E-state index is 0.0665. The van der Waals surface area contributed by atoms with Crippen molar-refractivity contribution in [2.75, 3.05) is 26.2 Å². The maximum atomic E-state index is 11.9. The first-order valence-corrected chi connectivity index (χ1v) is 6.77. The molecule has 2 aliphatic rings. The summed E-state index contributed by atoms with van der Waals surface area (Å²) in [6.45, 7) is 7.83. The summed E-state index contributed by atoms with van der Waals surface area (Å²) in [6.07, 6.45) is 2.31. The van der Waals surface area contributed by atoms with Gasteiger partial charge < -0.3 is 15.4 Å². The zero-order valence-corrected chi connectivity index (χ0v) is 10.9. The van der Waals surface area contributed by atoms with Gasteiger partial charge >= 0.3 is 0 Å². The molecular formula is C13H24N2O2. The van der Waals surface area contributed by atoms with Crippen molar-refractivity contribution in [3.05, 3.63) is 0 Å². The van der Waals surface area contributed by atoms with E-state index in [-0.39, 0.29) is 17.9 Å². The Bertz CT molecular complexity index is 270. The SMILES string of the molecule is CC1CC(C(=O)NCC2CNCCC2C)CO1. The molecule has 4 unspecified atom stereocenters. The summed E-state index contributed by atoms with van der Waals surface area (Å²) in [5.74, 6) is 1.52. The van der Waals surface area contributed by atoms with Crippen molar-refractivity contribution in [3.8, 4) is 0 Å². The molecule has 2 rings (SSSR count). The molecule has 0 aliphatic carbocycles. The summed E-state index contributed by atoms with van der Waals surface area (Å²) >= 11 is 0. The molecule has 17 heavy (non-hydrogen) atoms. The van der Waals surface area contributed by atoms with Crippen LogP contribution in [-0.4, -0.2) is 38.3 Å². The summed E-state index contributed by atoms with van der Waals surface area (Å²) in [5, 5.41) is 6.48. The minimum Gasteiger partial charge on any atom is -0.378 e. The molecular weight excluding hydrogens is 216 g/mol. The van der Waals surface area contributed by atoms with Gasteiger partial charge in [-0.15, -0.1) is 0 Å². The second-order valence-electron chi connectivity index (χ2n) is 5.55. The minimum atomic E-state index is 0.0665. The highest BCUT2D eigenvalue weighted by atomic mass is 16.5. The second-order valence-corrected chi connectivity index (χ2v) is 5.55. The Morgan fingerprint density at radius 3 is 2.94 bits per heavy atom. The van der Waals surface area contributed by atoms with Crippen LogP contribution in [0.1, 0.15) is 26.7 Å². The molecule has 0 spiro atoms. The third-order valence-electron chi connectivity index (χ3n) is 4.10. The van der Waals surface area contributed by atoms with Crippen LogP contribution in [-0.2, 0) is 9.53 Å². The summed E-state index contributed by atoms with van der Waals surface area (Å²) in [4.78, 5) is 11.9. The Morgan fingerprint density at radius 2 is 2.29 bits per heavy atom. The zero-order chi connectivity index (χ0) is 12.3. The van der Waals surface area contributed by atoms with Gasteiger partial charge in [-0.3, -0.25) is 4.79 Å². The fourth-order valence-electron chi connectivity index (χ4n) is 2.70. The molecule has 4 heteroatoms. The van der Waals surface area contributed by atoms with E-state index in [4.69, 9.17) is 4.74 Å². The molecule has 2 aliphatic heterocycles. The first-order chi connectivity index (χ1) is 8.16. The van der Waals surface area contributed by atoms with Crippen molar-refractivity contribution >= 4 is 5.91 Å². The topological polar surface area (TPSA) is 50.4 Å². The van der Waals surface area contributed by atoms with E-state index in [1.807, 2.05) is 6.92 Å². The van der Waals surface area contributed by atoms with Gasteiger partial charge in [0.1, 0.15) is 0 Å². The van der Waals surface area contributed by atoms with E-state index < -0.39 is 0 Å². The van der Waals surface area contributed by atoms with Gasteiger partial charge in [0.05, 0.1) is 18.6 Å². The van der Waals surface area contributed by atoms with E-state index in [0.717, 1.165) is 26.1 Å². The van der Waals surface area contributed by atoms with Crippen molar-refractivity contribution in [2.45, 2.75) is 32.8 Å². The van der Waals surface area contributed by atoms with Gasteiger partial charge in [-0.25, -0.2) is 0 Å². The number of hydrogen-bond donors (Lipinski definition) is 2. The number of rotatable bonds is 3. The van der Waals surface area contributed by atoms with Gasteiger partial charge in [0.15, 0.2) is 0 Å². The average molecular weight is 240 g/mol. The molecule has 1 amide bonds. The largest absolute Gasteiger partial charge is 0.378 e. The highest BCUT2D eigenvalue weighted by molar-refractivity contribution is 5.79. The van der Waals surface area contributed by atoms with Crippen LogP contribution in [0, 0.1) is 17.8 Å². The van der Waals surface area contributed by atoms with Crippen LogP contribution in [0.5, 0.6) is 0 Å². The van der Waals surface area contributed by atoms with Gasteiger partial charge in [-0.1, -0.05) is 6.92 Å². The highest BCUT2D eigenvalue weighted by Gasteiger charge is 2.29. The van der Waals surface area contributed by atoms with Crippen LogP contribution < -0.4 is 10.6 Å². The zero-order valence-electron chi connectivity index (χ0n) is 10.9. The first-order valence-electron chi connectivity index (χ1n) is 6.77. The number of amides is 1. The van der Waals surface area contributed by atoms with E-state index in [1.54, 1.807) is 0 Å². The molecule has 4 nitrogen and oxygen atoms in total. The number of carbonyl (C=O) groups excluding carboxylic acids is 1. The average Bonchev–Trinajstić information content (AvgIpc) is 2.74. The van der Waals surface area contributed by atoms with Crippen molar-refractivity contribution in [3.63, 3.8) is 0 Å². The second kappa shape index (κ2) is 5.83. The molecule has 98 valence electrons. The lowest BCUT2D eigenvalue weighted by Gasteiger charge is -2.29. The summed E-state index contributed by atoms with van der Waals surface area (Å²) < 4.78 is 5.43. The van der Waals surface area contributed by atoms with Crippen LogP contribution in [0.3, 0.4) is 0 Å². The van der Waals surface area contributed by atoms with E-state index in [2.05, 4.69) is 17.6 Å². The molecule has 0 aromatic rings. The lowest BCUT2D eigenvalue weighted by atomic mass is 9.88. The maximum Gasteiger partial charge on any atom is 0.225 e. The Morgan fingerprint density at radius 1 is 1.47 bits per heavy atom. The number of carbonyl (C=O) groups is 1. The molecule has 2 N–H and O–H groups in total. The first kappa shape index (κ1) is 12.8. The molecule has 2 fully saturated rings. The van der Waals surface area contributed by atoms with Crippen molar-refractivity contribution in [1.82, 2.24) is 10.6 Å². The predicted molar refractivity (Wildman–Crippen MR) is 66.7 cm³/mol. The smallest absolute Gasteiger partial charge is 0.225 e. The fourth-order valence-corrected chi connectivity index (χ4v) is 2.70. The van der Waals surface area contributed by atoms with Crippen molar-refractivity contribution < 1.29 is 9.53 Å². The van der Waals surface area contributed by atoms with Gasteiger partial charge in [-0.2, -0.15) is 0 Å². The molecule has 4 atom stereocenters. The van der Waals surface area contributed by atoms with Gasteiger partial charge in [0.25, 0.3) is 0 Å². The molecule has 0 radical (unpaired) electrons. The normalized spacial score (nSPS) is 38.0. The highest BCUT2D eigenvalue weighted by Crippen LogP contribution is 2.20. The quantitative estimate of drug-likeness (QED) is 0.766. The number of ether oxygens (including phenoxy) is 1. The molecule has 2 saturated heterocycles. The Hall–Kier alpha value is -0.610. The lowest BCUT2D eigenvalue weighted by Crippen LogP contribution is -2.43. The number of hydrogen-bond acceptors (Lipinski definition) is 3. The fraction of sp³-hybridized carbons (Fsp3) is 0.923. The van der Waals surface area contributed by atoms with E-state index >= 15 is 0 Å². The van der Waals surface area contributed by atoms with Crippen molar-refractivity contribution in [1.29, 1.82) is 0 Å². The molecule has 0 aromatic heterocycles. The molecule has 2 heterocycles. The monoisotopic (exact) mass is 240 g/mol. The molecule has 0 bridgehead atoms. The maximum absolute atomic E-state index is 11.9. The van der Waals surface area contributed by atoms with E-state index in [1.165, 1.54) is 6.42 Å². The third-order valence-corrected chi connectivity index (χ3v) is 4.10. The van der Waals surface area contributed by atoms with Crippen LogP contribution in [0.2, 0.25) is 0 Å². The van der Waals surface area contributed by atoms with Gasteiger partial charge in [0, 0.05) is 6.54 Å². The van der Waals surface area contributed by atoms with Crippen LogP contribution in [0.4, 0.5) is 0 Å². The number of nitrogens with one attached hydrogen (secondary N) is 2. The van der Waals surface area contributed by atoms with Crippen LogP contribution in [0.25, 0.3) is 0 Å². The molecule has 0 saturated carbocycles. The predicted octanol–water partition coefficient (Wildman–Crippen LogP) is 0.773. The Balaban J connectivity index is 1.72. The number of piperidine rings is 1. The Labute approximate surface area is 103 Å². The standard InChI is InChI=1S/C13H24N2O2/c1-9-3-4-14-6-12(9)7-15-13(16)11-5-10(2)17-8-11/h9-12,14H,3-8H2,1-2H3,(H,15,16). The van der Waals surface area contributed by atoms with E-state index in [0.29, 0.717) is 18.4 Å². The van der Waals surface area contributed by atoms with Gasteiger partial charge in [-0.05, 0) is 44.7 Å². The van der Waals surface area contributed by atoms with Crippen LogP contribution >= 0.6 is 0 Å². The van der Waals surface area contributed by atoms with Crippen LogP contribution in [0.15, 0.2) is 0 Å². The Kier molecular flexibility index (Phi) is 4.40. The summed E-state index contributed by atoms with van der Waals surface area (Å²) in [5.41, 5.74) is 0. The lowest BCUT2D eigenvalue weighted by molar-refractivity contribution is -0.125. The molecule has 0 aromatic carbocycles. The summed E-state index contributed by atoms with van der Waals surface area (Å²) in [7, 11) is 0. The third kappa shape index (κ3) is 3.42. The van der Waals surface area contributed by atoms with E-state index in [9.17, 15) is 4.79 Å².